The number of fused-ring (bicyclic) bond motifs is 2. The molecule has 4 heterocycles. The van der Waals surface area contributed by atoms with Crippen molar-refractivity contribution in [1.29, 1.82) is 0 Å². The van der Waals surface area contributed by atoms with E-state index in [0.29, 0.717) is 13.2 Å². The lowest BCUT2D eigenvalue weighted by atomic mass is 9.78. The molecule has 0 bridgehead atoms. The Morgan fingerprint density at radius 3 is 2.77 bits per heavy atom. The number of anilines is 1. The summed E-state index contributed by atoms with van der Waals surface area (Å²) < 4.78 is 4.71. The van der Waals surface area contributed by atoms with Crippen molar-refractivity contribution < 1.29 is 24.2 Å². The molecule has 1 spiro atoms. The molecular formula is C27H32N2O5S. The minimum Gasteiger partial charge on any atom is -0.465 e. The molecule has 5 rings (SSSR count). The third-order valence-corrected chi connectivity index (χ3v) is 9.34. The third-order valence-electron chi connectivity index (χ3n) is 7.60. The molecule has 35 heavy (non-hydrogen) atoms. The molecular weight excluding hydrogens is 464 g/mol. The molecule has 4 aliphatic heterocycles. The van der Waals surface area contributed by atoms with Gasteiger partial charge in [-0.05, 0) is 50.3 Å². The molecule has 2 fully saturated rings. The van der Waals surface area contributed by atoms with Crippen molar-refractivity contribution >= 4 is 35.2 Å². The van der Waals surface area contributed by atoms with Gasteiger partial charge in [0, 0.05) is 24.0 Å². The first-order valence-corrected chi connectivity index (χ1v) is 13.3. The summed E-state index contributed by atoms with van der Waals surface area (Å²) >= 11 is 1.53. The van der Waals surface area contributed by atoms with Gasteiger partial charge >= 0.3 is 5.97 Å². The van der Waals surface area contributed by atoms with Crippen LogP contribution in [0.5, 0.6) is 0 Å². The highest BCUT2D eigenvalue weighted by Gasteiger charge is 2.70. The van der Waals surface area contributed by atoms with Gasteiger partial charge in [-0.3, -0.25) is 14.4 Å². The van der Waals surface area contributed by atoms with Gasteiger partial charge in [0.2, 0.25) is 5.91 Å². The minimum absolute atomic E-state index is 0.0464. The van der Waals surface area contributed by atoms with E-state index < -0.39 is 22.6 Å². The Labute approximate surface area is 210 Å². The number of ether oxygens (including phenoxy) is 1. The molecule has 8 heteroatoms. The van der Waals surface area contributed by atoms with E-state index in [1.54, 1.807) is 4.90 Å². The number of carbonyl (C=O) groups is 3. The summed E-state index contributed by atoms with van der Waals surface area (Å²) in [5.74, 6) is -2.19. The lowest BCUT2D eigenvalue weighted by Gasteiger charge is -2.35. The number of nitrogens with zero attached hydrogens (tertiary/aromatic N) is 2. The van der Waals surface area contributed by atoms with Crippen molar-refractivity contribution in [3.8, 4) is 0 Å². The summed E-state index contributed by atoms with van der Waals surface area (Å²) in [5.41, 5.74) is 2.84. The van der Waals surface area contributed by atoms with Crippen LogP contribution in [0.15, 0.2) is 42.5 Å². The lowest BCUT2D eigenvalue weighted by molar-refractivity contribution is -0.153. The second kappa shape index (κ2) is 9.47. The maximum Gasteiger partial charge on any atom is 0.311 e. The zero-order valence-corrected chi connectivity index (χ0v) is 21.0. The highest BCUT2D eigenvalue weighted by atomic mass is 32.2. The van der Waals surface area contributed by atoms with Crippen LogP contribution in [-0.2, 0) is 19.1 Å². The van der Waals surface area contributed by atoms with E-state index in [9.17, 15) is 19.5 Å². The van der Waals surface area contributed by atoms with Crippen LogP contribution < -0.4 is 4.90 Å². The summed E-state index contributed by atoms with van der Waals surface area (Å²) in [4.78, 5) is 44.6. The molecule has 7 nitrogen and oxygen atoms in total. The Hall–Kier alpha value is -2.58. The standard InChI is InChI=1S/C27H32N2O5S/c1-17-9-10-18(2)19(16-17)28-12-7-11-27-22(24(31)29(13-14-30)23(27)25(28)32)21-20(35-27)8-5-3-4-6-15-34-26(21)33/h5,7-11,16,20-23,30H,3-4,6,12-15H2,1-2H3/b8-5-/t20-,21+,22-,23?,27-/m0/s1. The fourth-order valence-electron chi connectivity index (χ4n) is 5.99. The van der Waals surface area contributed by atoms with Crippen molar-refractivity contribution in [2.75, 3.05) is 31.2 Å². The number of carbonyl (C=O) groups excluding carboxylic acids is 3. The van der Waals surface area contributed by atoms with Gasteiger partial charge in [0.15, 0.2) is 0 Å². The van der Waals surface area contributed by atoms with Crippen molar-refractivity contribution in [3.05, 3.63) is 53.6 Å². The fourth-order valence-corrected chi connectivity index (χ4v) is 7.99. The van der Waals surface area contributed by atoms with Crippen molar-refractivity contribution in [3.63, 3.8) is 0 Å². The second-order valence-electron chi connectivity index (χ2n) is 9.83. The molecule has 4 aliphatic rings. The Morgan fingerprint density at radius 1 is 1.14 bits per heavy atom. The molecule has 1 unspecified atom stereocenters. The number of rotatable bonds is 3. The maximum atomic E-state index is 14.3. The van der Waals surface area contributed by atoms with Crippen LogP contribution >= 0.6 is 11.8 Å². The van der Waals surface area contributed by atoms with Crippen LogP contribution in [0.25, 0.3) is 0 Å². The molecule has 5 atom stereocenters. The van der Waals surface area contributed by atoms with Crippen LogP contribution in [0.4, 0.5) is 5.69 Å². The summed E-state index contributed by atoms with van der Waals surface area (Å²) in [5, 5.41) is 9.55. The molecule has 1 aromatic carbocycles. The third kappa shape index (κ3) is 3.91. The molecule has 0 saturated carbocycles. The van der Waals surface area contributed by atoms with E-state index in [1.807, 2.05) is 50.3 Å². The second-order valence-corrected chi connectivity index (χ2v) is 11.3. The first kappa shape index (κ1) is 24.1. The molecule has 0 aromatic heterocycles. The Bertz CT molecular complexity index is 1100. The van der Waals surface area contributed by atoms with E-state index in [4.69, 9.17) is 4.74 Å². The molecule has 186 valence electrons. The van der Waals surface area contributed by atoms with Crippen molar-refractivity contribution in [1.82, 2.24) is 4.90 Å². The summed E-state index contributed by atoms with van der Waals surface area (Å²) in [6, 6.07) is 5.19. The number of cyclic esters (lactones) is 1. The number of benzene rings is 1. The minimum atomic E-state index is -0.900. The summed E-state index contributed by atoms with van der Waals surface area (Å²) in [6.07, 6.45) is 10.7. The average molecular weight is 497 g/mol. The molecule has 2 saturated heterocycles. The largest absolute Gasteiger partial charge is 0.465 e. The van der Waals surface area contributed by atoms with Gasteiger partial charge in [-0.1, -0.05) is 36.4 Å². The van der Waals surface area contributed by atoms with Crippen LogP contribution in [0, 0.1) is 25.7 Å². The molecule has 0 radical (unpaired) electrons. The van der Waals surface area contributed by atoms with Crippen LogP contribution in [-0.4, -0.2) is 70.1 Å². The first-order valence-electron chi connectivity index (χ1n) is 12.4. The topological polar surface area (TPSA) is 87.2 Å². The van der Waals surface area contributed by atoms with Crippen LogP contribution in [0.2, 0.25) is 0 Å². The Kier molecular flexibility index (Phi) is 6.53. The van der Waals surface area contributed by atoms with Crippen LogP contribution in [0.1, 0.15) is 30.4 Å². The SMILES string of the molecule is Cc1ccc(C)c(N2CC=C[C@]34S[C@H]5/C=C\CCCCOC(=O)[C@H]5[C@H]3C(=O)N(CCO)C4C2=O)c1. The number of allylic oxidation sites excluding steroid dienone is 1. The number of aliphatic hydroxyl groups excluding tert-OH is 1. The number of amides is 2. The number of β-amino-alcohol motifs (C(OH)–C–C–N with tert-alkyl or cyclic N) is 1. The maximum absolute atomic E-state index is 14.3. The van der Waals surface area contributed by atoms with Gasteiger partial charge in [0.1, 0.15) is 6.04 Å². The monoisotopic (exact) mass is 496 g/mol. The smallest absolute Gasteiger partial charge is 0.311 e. The van der Waals surface area contributed by atoms with E-state index >= 15 is 0 Å². The fraction of sp³-hybridized carbons (Fsp3) is 0.519. The van der Waals surface area contributed by atoms with Gasteiger partial charge in [-0.15, -0.1) is 11.8 Å². The molecule has 2 amide bonds. The summed E-state index contributed by atoms with van der Waals surface area (Å²) in [7, 11) is 0. The number of hydrogen-bond acceptors (Lipinski definition) is 6. The van der Waals surface area contributed by atoms with Crippen molar-refractivity contribution in [2.45, 2.75) is 49.1 Å². The van der Waals surface area contributed by atoms with E-state index in [-0.39, 0.29) is 36.2 Å². The highest BCUT2D eigenvalue weighted by Crippen LogP contribution is 2.60. The van der Waals surface area contributed by atoms with Gasteiger partial charge in [0.05, 0.1) is 29.8 Å². The average Bonchev–Trinajstić information content (AvgIpc) is 3.21. The number of esters is 1. The van der Waals surface area contributed by atoms with Gasteiger partial charge in [-0.2, -0.15) is 0 Å². The van der Waals surface area contributed by atoms with Crippen LogP contribution in [0.3, 0.4) is 0 Å². The Morgan fingerprint density at radius 2 is 1.97 bits per heavy atom. The first-order chi connectivity index (χ1) is 16.9. The van der Waals surface area contributed by atoms with Crippen molar-refractivity contribution in [2.24, 2.45) is 11.8 Å². The number of hydrogen-bond donors (Lipinski definition) is 1. The number of thioether (sulfide) groups is 1. The van der Waals surface area contributed by atoms with E-state index in [2.05, 4.69) is 6.08 Å². The van der Waals surface area contributed by atoms with Gasteiger partial charge in [0.25, 0.3) is 5.91 Å². The lowest BCUT2D eigenvalue weighted by Crippen LogP contribution is -2.53. The molecule has 0 aliphatic carbocycles. The molecule has 1 aromatic rings. The predicted octanol–water partition coefficient (Wildman–Crippen LogP) is 2.78. The van der Waals surface area contributed by atoms with Gasteiger partial charge < -0.3 is 19.6 Å². The predicted molar refractivity (Wildman–Crippen MR) is 135 cm³/mol. The highest BCUT2D eigenvalue weighted by molar-refractivity contribution is 8.02. The van der Waals surface area contributed by atoms with Gasteiger partial charge in [-0.25, -0.2) is 0 Å². The quantitative estimate of drug-likeness (QED) is 0.512. The normalized spacial score (nSPS) is 33.6. The number of aryl methyl sites for hydroxylation is 2. The zero-order valence-electron chi connectivity index (χ0n) is 20.2. The zero-order chi connectivity index (χ0) is 24.7. The van der Waals surface area contributed by atoms with E-state index in [1.165, 1.54) is 16.7 Å². The molecule has 1 N–H and O–H groups in total. The Balaban J connectivity index is 1.61. The van der Waals surface area contributed by atoms with E-state index in [0.717, 1.165) is 36.1 Å². The summed E-state index contributed by atoms with van der Waals surface area (Å²) in [6.45, 7) is 4.47. The number of aliphatic hydroxyl groups is 1. The number of likely N-dealkylation sites (tertiary alicyclic amines) is 1.